The van der Waals surface area contributed by atoms with E-state index >= 15 is 0 Å². The van der Waals surface area contributed by atoms with Crippen LogP contribution in [0.25, 0.3) is 0 Å². The summed E-state index contributed by atoms with van der Waals surface area (Å²) in [5.74, 6) is 0.221. The van der Waals surface area contributed by atoms with E-state index < -0.39 is 16.1 Å². The number of carbonyl (C=O) groups excluding carboxylic acids is 1. The van der Waals surface area contributed by atoms with Gasteiger partial charge in [0.25, 0.3) is 0 Å². The smallest absolute Gasteiger partial charge is 0.306 e. The average molecular weight is 333 g/mol. The molecule has 2 atom stereocenters. The van der Waals surface area contributed by atoms with Crippen LogP contribution in [-0.4, -0.2) is 28.7 Å². The first-order valence-corrected chi connectivity index (χ1v) is 14.8. The van der Waals surface area contributed by atoms with Crippen molar-refractivity contribution >= 4 is 27.3 Å². The summed E-state index contributed by atoms with van der Waals surface area (Å²) in [4.78, 5) is 12.2. The topological polar surface area (TPSA) is 26.3 Å². The molecule has 2 rings (SSSR count). The number of rotatable bonds is 5. The van der Waals surface area contributed by atoms with E-state index in [1.54, 1.807) is 0 Å². The standard InChI is InChI=1S/C18H28O2Si2/c1-14(13-22(5,6)15-10-8-7-9-11-15)16-12-20-18(19)17(16)21(2,3)4/h7-11,16-17H,1,12-13H2,2-6H3/t16-,17-/m0/s1. The van der Waals surface area contributed by atoms with Crippen LogP contribution in [-0.2, 0) is 9.53 Å². The van der Waals surface area contributed by atoms with Crippen LogP contribution in [0, 0.1) is 5.92 Å². The van der Waals surface area contributed by atoms with Gasteiger partial charge in [-0.3, -0.25) is 4.79 Å². The van der Waals surface area contributed by atoms with Gasteiger partial charge in [0.15, 0.2) is 0 Å². The normalized spacial score (nSPS) is 22.5. The van der Waals surface area contributed by atoms with E-state index in [1.807, 2.05) is 0 Å². The zero-order valence-electron chi connectivity index (χ0n) is 14.5. The molecule has 1 aromatic rings. The average Bonchev–Trinajstić information content (AvgIpc) is 2.81. The molecule has 0 saturated carbocycles. The van der Waals surface area contributed by atoms with Crippen molar-refractivity contribution in [1.29, 1.82) is 0 Å². The van der Waals surface area contributed by atoms with Gasteiger partial charge < -0.3 is 4.74 Å². The highest BCUT2D eigenvalue weighted by atomic mass is 28.3. The second-order valence-corrected chi connectivity index (χ2v) is 18.2. The number of hydrogen-bond acceptors (Lipinski definition) is 2. The summed E-state index contributed by atoms with van der Waals surface area (Å²) < 4.78 is 5.40. The Morgan fingerprint density at radius 2 is 1.77 bits per heavy atom. The molecule has 0 aliphatic carbocycles. The number of ether oxygens (including phenoxy) is 1. The lowest BCUT2D eigenvalue weighted by Crippen LogP contribution is -2.43. The predicted molar refractivity (Wildman–Crippen MR) is 99.1 cm³/mol. The molecule has 1 fully saturated rings. The molecule has 2 nitrogen and oxygen atoms in total. The molecular formula is C18H28O2Si2. The number of esters is 1. The minimum absolute atomic E-state index is 0.00417. The Kier molecular flexibility index (Phi) is 4.82. The van der Waals surface area contributed by atoms with Crippen LogP contribution in [0.1, 0.15) is 0 Å². The van der Waals surface area contributed by atoms with Crippen molar-refractivity contribution in [3.63, 3.8) is 0 Å². The van der Waals surface area contributed by atoms with Crippen molar-refractivity contribution in [2.24, 2.45) is 5.92 Å². The van der Waals surface area contributed by atoms with Gasteiger partial charge in [-0.25, -0.2) is 0 Å². The first kappa shape index (κ1) is 17.2. The molecule has 0 amide bonds. The van der Waals surface area contributed by atoms with Crippen molar-refractivity contribution in [3.8, 4) is 0 Å². The zero-order chi connectivity index (χ0) is 16.5. The third-order valence-electron chi connectivity index (χ3n) is 4.74. The van der Waals surface area contributed by atoms with Crippen molar-refractivity contribution in [3.05, 3.63) is 42.5 Å². The molecule has 0 N–H and O–H groups in total. The SMILES string of the molecule is C=C(C[Si](C)(C)c1ccccc1)[C@@H]1COC(=O)[C@H]1[Si](C)(C)C. The Balaban J connectivity index is 2.17. The van der Waals surface area contributed by atoms with Gasteiger partial charge in [0.2, 0.25) is 0 Å². The third-order valence-corrected chi connectivity index (χ3v) is 10.5. The summed E-state index contributed by atoms with van der Waals surface area (Å²) in [5.41, 5.74) is 1.29. The number of benzene rings is 1. The van der Waals surface area contributed by atoms with Crippen LogP contribution in [0.4, 0.5) is 0 Å². The fourth-order valence-electron chi connectivity index (χ4n) is 3.52. The maximum Gasteiger partial charge on any atom is 0.306 e. The van der Waals surface area contributed by atoms with E-state index in [-0.39, 0.29) is 17.4 Å². The van der Waals surface area contributed by atoms with Gasteiger partial charge in [0.1, 0.15) is 0 Å². The Bertz CT molecular complexity index is 558. The summed E-state index contributed by atoms with van der Waals surface area (Å²) in [5, 5.41) is 1.45. The minimum Gasteiger partial charge on any atom is -0.465 e. The number of hydrogen-bond donors (Lipinski definition) is 0. The molecule has 0 aromatic heterocycles. The molecule has 1 saturated heterocycles. The molecular weight excluding hydrogens is 304 g/mol. The fraction of sp³-hybridized carbons (Fsp3) is 0.500. The molecule has 22 heavy (non-hydrogen) atoms. The first-order chi connectivity index (χ1) is 10.1. The minimum atomic E-state index is -1.59. The lowest BCUT2D eigenvalue weighted by molar-refractivity contribution is -0.138. The van der Waals surface area contributed by atoms with Crippen LogP contribution >= 0.6 is 0 Å². The summed E-state index contributed by atoms with van der Waals surface area (Å²) in [6.45, 7) is 16.4. The molecule has 0 spiro atoms. The van der Waals surface area contributed by atoms with Crippen LogP contribution in [0.2, 0.25) is 44.3 Å². The van der Waals surface area contributed by atoms with Crippen molar-refractivity contribution in [1.82, 2.24) is 0 Å². The Hall–Kier alpha value is -1.14. The van der Waals surface area contributed by atoms with Crippen LogP contribution in [0.5, 0.6) is 0 Å². The second-order valence-electron chi connectivity index (χ2n) is 8.17. The zero-order valence-corrected chi connectivity index (χ0v) is 16.5. The predicted octanol–water partition coefficient (Wildman–Crippen LogP) is 4.04. The fourth-order valence-corrected chi connectivity index (χ4v) is 8.55. The second kappa shape index (κ2) is 6.16. The van der Waals surface area contributed by atoms with Crippen molar-refractivity contribution in [2.45, 2.75) is 44.3 Å². The van der Waals surface area contributed by atoms with E-state index in [2.05, 4.69) is 69.6 Å². The summed E-state index contributed by atoms with van der Waals surface area (Å²) in [7, 11) is -3.16. The van der Waals surface area contributed by atoms with Gasteiger partial charge in [-0.05, 0) is 6.04 Å². The van der Waals surface area contributed by atoms with E-state index in [0.29, 0.717) is 6.61 Å². The molecule has 1 heterocycles. The summed E-state index contributed by atoms with van der Waals surface area (Å²) >= 11 is 0. The first-order valence-electron chi connectivity index (χ1n) is 8.03. The lowest BCUT2D eigenvalue weighted by Gasteiger charge is -2.31. The van der Waals surface area contributed by atoms with Gasteiger partial charge in [-0.15, -0.1) is 0 Å². The molecule has 0 unspecified atom stereocenters. The lowest BCUT2D eigenvalue weighted by atomic mass is 10.0. The molecule has 4 heteroatoms. The van der Waals surface area contributed by atoms with E-state index in [4.69, 9.17) is 4.74 Å². The summed E-state index contributed by atoms with van der Waals surface area (Å²) in [6.07, 6.45) is 0. The number of carbonyl (C=O) groups is 1. The third kappa shape index (κ3) is 3.60. The highest BCUT2D eigenvalue weighted by Crippen LogP contribution is 2.42. The Morgan fingerprint density at radius 1 is 1.18 bits per heavy atom. The van der Waals surface area contributed by atoms with E-state index in [0.717, 1.165) is 6.04 Å². The van der Waals surface area contributed by atoms with Crippen LogP contribution < -0.4 is 5.19 Å². The quantitative estimate of drug-likeness (QED) is 0.462. The van der Waals surface area contributed by atoms with Gasteiger partial charge >= 0.3 is 5.97 Å². The molecule has 0 bridgehead atoms. The van der Waals surface area contributed by atoms with Crippen molar-refractivity contribution < 1.29 is 9.53 Å². The van der Waals surface area contributed by atoms with Gasteiger partial charge in [-0.1, -0.05) is 80.4 Å². The largest absolute Gasteiger partial charge is 0.465 e. The molecule has 1 aliphatic rings. The van der Waals surface area contributed by atoms with Crippen molar-refractivity contribution in [2.75, 3.05) is 6.61 Å². The monoisotopic (exact) mass is 332 g/mol. The number of cyclic esters (lactones) is 1. The van der Waals surface area contributed by atoms with E-state index in [9.17, 15) is 4.79 Å². The Morgan fingerprint density at radius 3 is 2.32 bits per heavy atom. The van der Waals surface area contributed by atoms with E-state index in [1.165, 1.54) is 10.8 Å². The van der Waals surface area contributed by atoms with Gasteiger partial charge in [-0.2, -0.15) is 0 Å². The molecule has 120 valence electrons. The maximum absolute atomic E-state index is 12.2. The van der Waals surface area contributed by atoms with Gasteiger partial charge in [0, 0.05) is 5.92 Å². The Labute approximate surface area is 136 Å². The molecule has 1 aromatic carbocycles. The van der Waals surface area contributed by atoms with Crippen LogP contribution in [0.15, 0.2) is 42.5 Å². The highest BCUT2D eigenvalue weighted by molar-refractivity contribution is 6.90. The highest BCUT2D eigenvalue weighted by Gasteiger charge is 2.47. The molecule has 1 aliphatic heterocycles. The molecule has 0 radical (unpaired) electrons. The summed E-state index contributed by atoms with van der Waals surface area (Å²) in [6, 6.07) is 11.8. The van der Waals surface area contributed by atoms with Gasteiger partial charge in [0.05, 0.1) is 28.3 Å². The van der Waals surface area contributed by atoms with Crippen LogP contribution in [0.3, 0.4) is 0 Å². The maximum atomic E-state index is 12.2.